The molecule has 0 saturated heterocycles. The average molecular weight is 332 g/mol. The lowest BCUT2D eigenvalue weighted by Crippen LogP contribution is -2.18. The van der Waals surface area contributed by atoms with Crippen molar-refractivity contribution in [2.75, 3.05) is 7.05 Å². The number of hydrogen-bond donors (Lipinski definition) is 1. The Bertz CT molecular complexity index is 605. The summed E-state index contributed by atoms with van der Waals surface area (Å²) in [5.74, 6) is 0.116. The lowest BCUT2D eigenvalue weighted by atomic mass is 9.99. The largest absolute Gasteiger partial charge is 0.435 e. The molecule has 2 nitrogen and oxygen atoms in total. The molecule has 2 aromatic rings. The Labute approximate surface area is 131 Å². The van der Waals surface area contributed by atoms with Crippen LogP contribution in [0.3, 0.4) is 0 Å². The van der Waals surface area contributed by atoms with Crippen molar-refractivity contribution in [3.63, 3.8) is 0 Å². The Morgan fingerprint density at radius 1 is 1.05 bits per heavy atom. The molecule has 0 aromatic heterocycles. The highest BCUT2D eigenvalue weighted by molar-refractivity contribution is 6.35. The lowest BCUT2D eigenvalue weighted by molar-refractivity contribution is -0.0498. The van der Waals surface area contributed by atoms with E-state index in [1.807, 2.05) is 6.07 Å². The van der Waals surface area contributed by atoms with E-state index in [0.29, 0.717) is 10.0 Å². The first-order valence-electron chi connectivity index (χ1n) is 6.18. The normalized spacial score (nSPS) is 12.5. The van der Waals surface area contributed by atoms with Crippen LogP contribution in [0.25, 0.3) is 0 Å². The van der Waals surface area contributed by atoms with E-state index in [1.54, 1.807) is 31.3 Å². The summed E-state index contributed by atoms with van der Waals surface area (Å²) in [5, 5.41) is 4.23. The smallest absolute Gasteiger partial charge is 0.387 e. The molecule has 0 spiro atoms. The van der Waals surface area contributed by atoms with Gasteiger partial charge in [-0.15, -0.1) is 0 Å². The first-order chi connectivity index (χ1) is 10.0. The van der Waals surface area contributed by atoms with Gasteiger partial charge in [0, 0.05) is 10.0 Å². The standard InChI is InChI=1S/C15H13Cl2F2NO/c1-20-14(12-7-4-10(16)8-13(12)17)9-2-5-11(6-3-9)21-15(18)19/h2-8,14-15,20H,1H3. The second-order valence-electron chi connectivity index (χ2n) is 4.34. The van der Waals surface area contributed by atoms with Gasteiger partial charge in [-0.2, -0.15) is 8.78 Å². The van der Waals surface area contributed by atoms with E-state index in [2.05, 4.69) is 10.1 Å². The Morgan fingerprint density at radius 3 is 2.24 bits per heavy atom. The zero-order valence-corrected chi connectivity index (χ0v) is 12.6. The van der Waals surface area contributed by atoms with Crippen molar-refractivity contribution >= 4 is 23.2 Å². The monoisotopic (exact) mass is 331 g/mol. The minimum absolute atomic E-state index is 0.116. The van der Waals surface area contributed by atoms with Crippen molar-refractivity contribution in [2.45, 2.75) is 12.7 Å². The van der Waals surface area contributed by atoms with Gasteiger partial charge >= 0.3 is 6.61 Å². The molecule has 0 aliphatic heterocycles. The minimum Gasteiger partial charge on any atom is -0.435 e. The van der Waals surface area contributed by atoms with Gasteiger partial charge in [-0.3, -0.25) is 0 Å². The number of hydrogen-bond acceptors (Lipinski definition) is 2. The summed E-state index contributed by atoms with van der Waals surface area (Å²) in [4.78, 5) is 0. The highest BCUT2D eigenvalue weighted by atomic mass is 35.5. The molecule has 6 heteroatoms. The number of rotatable bonds is 5. The van der Waals surface area contributed by atoms with Crippen molar-refractivity contribution in [3.05, 3.63) is 63.6 Å². The van der Waals surface area contributed by atoms with E-state index in [-0.39, 0.29) is 11.8 Å². The summed E-state index contributed by atoms with van der Waals surface area (Å²) in [6.07, 6.45) is 0. The Kier molecular flexibility index (Phi) is 5.39. The zero-order chi connectivity index (χ0) is 15.4. The molecule has 0 aliphatic carbocycles. The third-order valence-electron chi connectivity index (χ3n) is 3.00. The van der Waals surface area contributed by atoms with E-state index in [9.17, 15) is 8.78 Å². The van der Waals surface area contributed by atoms with Crippen LogP contribution in [0.4, 0.5) is 8.78 Å². The molecule has 0 saturated carbocycles. The van der Waals surface area contributed by atoms with Gasteiger partial charge in [0.15, 0.2) is 0 Å². The topological polar surface area (TPSA) is 21.3 Å². The quantitative estimate of drug-likeness (QED) is 0.840. The predicted molar refractivity (Wildman–Crippen MR) is 80.4 cm³/mol. The SMILES string of the molecule is CNC(c1ccc(OC(F)F)cc1)c1ccc(Cl)cc1Cl. The van der Waals surface area contributed by atoms with Crippen LogP contribution in [0.1, 0.15) is 17.2 Å². The van der Waals surface area contributed by atoms with Crippen molar-refractivity contribution < 1.29 is 13.5 Å². The predicted octanol–water partition coefficient (Wildman–Crippen LogP) is 4.90. The summed E-state index contributed by atoms with van der Waals surface area (Å²) < 4.78 is 28.6. The van der Waals surface area contributed by atoms with Gasteiger partial charge < -0.3 is 10.1 Å². The van der Waals surface area contributed by atoms with Crippen LogP contribution in [0.2, 0.25) is 10.0 Å². The molecule has 0 aliphatic rings. The summed E-state index contributed by atoms with van der Waals surface area (Å²) in [6, 6.07) is 11.5. The molecule has 1 N–H and O–H groups in total. The van der Waals surface area contributed by atoms with E-state index in [4.69, 9.17) is 23.2 Å². The second kappa shape index (κ2) is 7.07. The Balaban J connectivity index is 2.28. The number of benzene rings is 2. The molecule has 112 valence electrons. The third kappa shape index (κ3) is 4.06. The highest BCUT2D eigenvalue weighted by Crippen LogP contribution is 2.31. The fraction of sp³-hybridized carbons (Fsp3) is 0.200. The van der Waals surface area contributed by atoms with E-state index >= 15 is 0 Å². The Morgan fingerprint density at radius 2 is 1.71 bits per heavy atom. The molecule has 0 fully saturated rings. The second-order valence-corrected chi connectivity index (χ2v) is 5.18. The maximum Gasteiger partial charge on any atom is 0.387 e. The van der Waals surface area contributed by atoms with E-state index in [1.165, 1.54) is 12.1 Å². The van der Waals surface area contributed by atoms with Crippen molar-refractivity contribution in [1.82, 2.24) is 5.32 Å². The van der Waals surface area contributed by atoms with Crippen LogP contribution in [-0.2, 0) is 0 Å². The molecule has 0 heterocycles. The lowest BCUT2D eigenvalue weighted by Gasteiger charge is -2.19. The third-order valence-corrected chi connectivity index (χ3v) is 3.56. The number of alkyl halides is 2. The van der Waals surface area contributed by atoms with Gasteiger partial charge in [-0.25, -0.2) is 0 Å². The summed E-state index contributed by atoms with van der Waals surface area (Å²) >= 11 is 12.1. The molecule has 2 rings (SSSR count). The van der Waals surface area contributed by atoms with Crippen LogP contribution in [-0.4, -0.2) is 13.7 Å². The van der Waals surface area contributed by atoms with Crippen LogP contribution in [0, 0.1) is 0 Å². The molecular weight excluding hydrogens is 319 g/mol. The summed E-state index contributed by atoms with van der Waals surface area (Å²) in [7, 11) is 1.79. The zero-order valence-electron chi connectivity index (χ0n) is 11.1. The number of nitrogens with one attached hydrogen (secondary N) is 1. The van der Waals surface area contributed by atoms with Gasteiger partial charge in [-0.1, -0.05) is 41.4 Å². The van der Waals surface area contributed by atoms with Crippen LogP contribution < -0.4 is 10.1 Å². The van der Waals surface area contributed by atoms with Crippen molar-refractivity contribution in [1.29, 1.82) is 0 Å². The molecule has 2 aromatic carbocycles. The highest BCUT2D eigenvalue weighted by Gasteiger charge is 2.16. The Hall–Kier alpha value is -1.36. The maximum atomic E-state index is 12.1. The summed E-state index contributed by atoms with van der Waals surface area (Å²) in [5.41, 5.74) is 1.73. The van der Waals surface area contributed by atoms with Gasteiger partial charge in [0.1, 0.15) is 5.75 Å². The molecule has 0 amide bonds. The number of ether oxygens (including phenoxy) is 1. The van der Waals surface area contributed by atoms with Gasteiger partial charge in [0.05, 0.1) is 6.04 Å². The van der Waals surface area contributed by atoms with Crippen molar-refractivity contribution in [3.8, 4) is 5.75 Å². The first-order valence-corrected chi connectivity index (χ1v) is 6.94. The molecule has 0 radical (unpaired) electrons. The fourth-order valence-corrected chi connectivity index (χ4v) is 2.60. The fourth-order valence-electron chi connectivity index (χ4n) is 2.08. The van der Waals surface area contributed by atoms with Crippen molar-refractivity contribution in [2.24, 2.45) is 0 Å². The molecule has 1 unspecified atom stereocenters. The molecule has 0 bridgehead atoms. The number of halogens is 4. The van der Waals surface area contributed by atoms with Gasteiger partial charge in [-0.05, 0) is 42.4 Å². The first kappa shape index (κ1) is 16.0. The molecular formula is C15H13Cl2F2NO. The van der Waals surface area contributed by atoms with Gasteiger partial charge in [0.25, 0.3) is 0 Å². The summed E-state index contributed by atoms with van der Waals surface area (Å²) in [6.45, 7) is -2.83. The van der Waals surface area contributed by atoms with E-state index in [0.717, 1.165) is 11.1 Å². The minimum atomic E-state index is -2.83. The van der Waals surface area contributed by atoms with Gasteiger partial charge in [0.2, 0.25) is 0 Å². The molecule has 1 atom stereocenters. The van der Waals surface area contributed by atoms with Crippen LogP contribution in [0.15, 0.2) is 42.5 Å². The maximum absolute atomic E-state index is 12.1. The average Bonchev–Trinajstić information content (AvgIpc) is 2.43. The van der Waals surface area contributed by atoms with Crippen LogP contribution in [0.5, 0.6) is 5.75 Å². The molecule has 21 heavy (non-hydrogen) atoms. The van der Waals surface area contributed by atoms with Crippen LogP contribution >= 0.6 is 23.2 Å². The van der Waals surface area contributed by atoms with E-state index < -0.39 is 6.61 Å².